The topological polar surface area (TPSA) is 53.1 Å². The average molecular weight is 284 g/mol. The molecule has 1 aromatic rings. The minimum Gasteiger partial charge on any atom is -0.398 e. The number of rotatable bonds is 4. The molecule has 0 unspecified atom stereocenters. The van der Waals surface area contributed by atoms with E-state index in [0.29, 0.717) is 23.6 Å². The summed E-state index contributed by atoms with van der Waals surface area (Å²) in [4.78, 5) is 1.74. The smallest absolute Gasteiger partial charge is 0.143 e. The summed E-state index contributed by atoms with van der Waals surface area (Å²) in [7, 11) is 0. The van der Waals surface area contributed by atoms with Gasteiger partial charge in [0.25, 0.3) is 0 Å². The number of nitrogens with one attached hydrogen (secondary N) is 1. The molecule has 0 bridgehead atoms. The average Bonchev–Trinajstić information content (AvgIpc) is 2.34. The Balaban J connectivity index is 3.18. The van der Waals surface area contributed by atoms with Gasteiger partial charge in [-0.3, -0.25) is 5.41 Å². The largest absolute Gasteiger partial charge is 0.398 e. The zero-order chi connectivity index (χ0) is 14.7. The van der Waals surface area contributed by atoms with Gasteiger partial charge in [-0.15, -0.1) is 0 Å². The number of hydrogen-bond donors (Lipinski definition) is 2. The van der Waals surface area contributed by atoms with Gasteiger partial charge in [-0.2, -0.15) is 0 Å². The summed E-state index contributed by atoms with van der Waals surface area (Å²) in [6.07, 6.45) is 0. The van der Waals surface area contributed by atoms with Gasteiger partial charge in [0.15, 0.2) is 0 Å². The van der Waals surface area contributed by atoms with E-state index in [-0.39, 0.29) is 16.6 Å². The molecular weight excluding hydrogens is 265 g/mol. The summed E-state index contributed by atoms with van der Waals surface area (Å²) in [5.74, 6) is -0.0566. The van der Waals surface area contributed by atoms with Crippen LogP contribution in [0.5, 0.6) is 0 Å². The van der Waals surface area contributed by atoms with Crippen molar-refractivity contribution in [3.8, 4) is 0 Å². The van der Waals surface area contributed by atoms with Crippen molar-refractivity contribution < 1.29 is 4.39 Å². The second-order valence-corrected chi connectivity index (χ2v) is 4.99. The van der Waals surface area contributed by atoms with Gasteiger partial charge in [0.05, 0.1) is 5.02 Å². The van der Waals surface area contributed by atoms with E-state index < -0.39 is 5.82 Å². The summed E-state index contributed by atoms with van der Waals surface area (Å²) in [5.41, 5.74) is 7.18. The summed E-state index contributed by atoms with van der Waals surface area (Å²) in [5, 5.41) is 8.06. The first-order valence-electron chi connectivity index (χ1n) is 6.09. The fourth-order valence-electron chi connectivity index (χ4n) is 1.78. The Hall–Kier alpha value is -1.55. The van der Waals surface area contributed by atoms with Gasteiger partial charge in [-0.05, 0) is 19.1 Å². The zero-order valence-corrected chi connectivity index (χ0v) is 12.2. The lowest BCUT2D eigenvalue weighted by atomic mass is 10.1. The first-order chi connectivity index (χ1) is 8.79. The number of nitrogens with two attached hydrogens (primary N) is 1. The van der Waals surface area contributed by atoms with E-state index in [1.165, 1.54) is 12.1 Å². The highest BCUT2D eigenvalue weighted by Crippen LogP contribution is 2.29. The van der Waals surface area contributed by atoms with Crippen LogP contribution < -0.4 is 5.73 Å². The molecule has 0 saturated carbocycles. The minimum atomic E-state index is -0.558. The Kier molecular flexibility index (Phi) is 4.95. The number of anilines is 1. The van der Waals surface area contributed by atoms with E-state index >= 15 is 0 Å². The van der Waals surface area contributed by atoms with Crippen molar-refractivity contribution in [3.05, 3.63) is 35.1 Å². The van der Waals surface area contributed by atoms with Gasteiger partial charge < -0.3 is 10.6 Å². The molecule has 0 spiro atoms. The second-order valence-electron chi connectivity index (χ2n) is 4.58. The van der Waals surface area contributed by atoms with Crippen molar-refractivity contribution in [2.24, 2.45) is 5.92 Å². The maximum Gasteiger partial charge on any atom is 0.143 e. The van der Waals surface area contributed by atoms with Gasteiger partial charge in [0.2, 0.25) is 0 Å². The van der Waals surface area contributed by atoms with E-state index in [1.807, 2.05) is 20.8 Å². The van der Waals surface area contributed by atoms with E-state index in [2.05, 4.69) is 6.58 Å². The number of benzene rings is 1. The highest BCUT2D eigenvalue weighted by molar-refractivity contribution is 6.31. The predicted octanol–water partition coefficient (Wildman–Crippen LogP) is 3.99. The Morgan fingerprint density at radius 2 is 2.11 bits per heavy atom. The summed E-state index contributed by atoms with van der Waals surface area (Å²) in [6.45, 7) is 10.3. The van der Waals surface area contributed by atoms with Gasteiger partial charge in [0, 0.05) is 29.4 Å². The second kappa shape index (κ2) is 6.06. The van der Waals surface area contributed by atoms with Crippen LogP contribution in [0.25, 0.3) is 5.70 Å². The van der Waals surface area contributed by atoms with Gasteiger partial charge in [-0.1, -0.05) is 32.0 Å². The molecule has 0 heterocycles. The monoisotopic (exact) mass is 283 g/mol. The lowest BCUT2D eigenvalue weighted by Crippen LogP contribution is -2.32. The van der Waals surface area contributed by atoms with Crippen LogP contribution in [0.2, 0.25) is 5.02 Å². The number of halogens is 2. The van der Waals surface area contributed by atoms with E-state index in [1.54, 1.807) is 4.90 Å². The minimum absolute atomic E-state index is 0.00233. The van der Waals surface area contributed by atoms with Crippen LogP contribution in [0, 0.1) is 17.1 Å². The molecule has 0 aliphatic rings. The molecule has 0 saturated heterocycles. The van der Waals surface area contributed by atoms with Crippen LogP contribution in [0.15, 0.2) is 18.7 Å². The highest BCUT2D eigenvalue weighted by Gasteiger charge is 2.18. The standard InChI is InChI=1S/C14H19ClFN3/c1-5-19(14(18)8(2)3)9(4)10-6-11(15)12(16)7-13(10)17/h6-8,18H,4-5,17H2,1-3H3. The first-order valence-corrected chi connectivity index (χ1v) is 6.47. The molecule has 3 nitrogen and oxygen atoms in total. The molecule has 0 aliphatic carbocycles. The fourth-order valence-corrected chi connectivity index (χ4v) is 1.94. The Morgan fingerprint density at radius 1 is 1.53 bits per heavy atom. The Labute approximate surface area is 118 Å². The van der Waals surface area contributed by atoms with E-state index in [0.717, 1.165) is 0 Å². The van der Waals surface area contributed by atoms with Gasteiger partial charge in [-0.25, -0.2) is 4.39 Å². The molecule has 3 N–H and O–H groups in total. The van der Waals surface area contributed by atoms with Crippen LogP contribution >= 0.6 is 11.6 Å². The third kappa shape index (κ3) is 3.26. The van der Waals surface area contributed by atoms with Gasteiger partial charge >= 0.3 is 0 Å². The molecule has 0 aromatic heterocycles. The molecule has 0 radical (unpaired) electrons. The summed E-state index contributed by atoms with van der Waals surface area (Å²) < 4.78 is 13.3. The highest BCUT2D eigenvalue weighted by atomic mass is 35.5. The molecule has 0 fully saturated rings. The molecule has 0 aliphatic heterocycles. The number of amidine groups is 1. The third-order valence-electron chi connectivity index (χ3n) is 2.88. The van der Waals surface area contributed by atoms with Crippen LogP contribution in [0.3, 0.4) is 0 Å². The Morgan fingerprint density at radius 3 is 2.58 bits per heavy atom. The summed E-state index contributed by atoms with van der Waals surface area (Å²) >= 11 is 5.78. The molecule has 5 heteroatoms. The molecule has 0 atom stereocenters. The number of nitrogen functional groups attached to an aromatic ring is 1. The molecule has 1 rings (SSSR count). The van der Waals surface area contributed by atoms with Crippen molar-refractivity contribution >= 4 is 28.8 Å². The third-order valence-corrected chi connectivity index (χ3v) is 3.17. The molecule has 104 valence electrons. The quantitative estimate of drug-likeness (QED) is 0.499. The van der Waals surface area contributed by atoms with Crippen LogP contribution in [-0.4, -0.2) is 17.3 Å². The maximum atomic E-state index is 13.3. The van der Waals surface area contributed by atoms with Crippen LogP contribution in [0.1, 0.15) is 26.3 Å². The zero-order valence-electron chi connectivity index (χ0n) is 11.4. The molecular formula is C14H19ClFN3. The van der Waals surface area contributed by atoms with E-state index in [4.69, 9.17) is 22.7 Å². The van der Waals surface area contributed by atoms with Crippen LogP contribution in [0.4, 0.5) is 10.1 Å². The lowest BCUT2D eigenvalue weighted by molar-refractivity contribution is 0.568. The van der Waals surface area contributed by atoms with Crippen molar-refractivity contribution in [1.29, 1.82) is 5.41 Å². The molecule has 0 amide bonds. The van der Waals surface area contributed by atoms with Crippen molar-refractivity contribution in [3.63, 3.8) is 0 Å². The van der Waals surface area contributed by atoms with Crippen molar-refractivity contribution in [2.45, 2.75) is 20.8 Å². The first kappa shape index (κ1) is 15.5. The maximum absolute atomic E-state index is 13.3. The number of hydrogen-bond acceptors (Lipinski definition) is 2. The SMILES string of the molecule is C=C(c1cc(Cl)c(F)cc1N)N(CC)C(=N)C(C)C. The normalized spacial score (nSPS) is 10.6. The van der Waals surface area contributed by atoms with Crippen molar-refractivity contribution in [2.75, 3.05) is 12.3 Å². The summed E-state index contributed by atoms with van der Waals surface area (Å²) in [6, 6.07) is 2.63. The fraction of sp³-hybridized carbons (Fsp3) is 0.357. The van der Waals surface area contributed by atoms with Crippen LogP contribution in [-0.2, 0) is 0 Å². The van der Waals surface area contributed by atoms with Crippen molar-refractivity contribution in [1.82, 2.24) is 4.90 Å². The van der Waals surface area contributed by atoms with E-state index in [9.17, 15) is 4.39 Å². The molecule has 1 aromatic carbocycles. The Bertz CT molecular complexity index is 512. The van der Waals surface area contributed by atoms with Gasteiger partial charge in [0.1, 0.15) is 11.7 Å². The number of nitrogens with zero attached hydrogens (tertiary/aromatic N) is 1. The molecule has 19 heavy (non-hydrogen) atoms. The lowest BCUT2D eigenvalue weighted by Gasteiger charge is -2.28. The predicted molar refractivity (Wildman–Crippen MR) is 79.8 cm³/mol.